The molecule has 1 aromatic carbocycles. The number of nitrogens with one attached hydrogen (secondary N) is 1. The summed E-state index contributed by atoms with van der Waals surface area (Å²) in [6.07, 6.45) is 2.61. The van der Waals surface area contributed by atoms with Crippen LogP contribution in [0.25, 0.3) is 10.9 Å². The van der Waals surface area contributed by atoms with Crippen LogP contribution in [0.5, 0.6) is 0 Å². The summed E-state index contributed by atoms with van der Waals surface area (Å²) in [4.78, 5) is 30.0. The van der Waals surface area contributed by atoms with Crippen molar-refractivity contribution in [3.05, 3.63) is 36.5 Å². The third kappa shape index (κ3) is 4.52. The van der Waals surface area contributed by atoms with Crippen molar-refractivity contribution in [2.24, 2.45) is 5.92 Å². The molecule has 0 saturated heterocycles. The number of rotatable bonds is 6. The number of carbonyl (C=O) groups is 2. The SMILES string of the molecule is CC(=O)N(CC(=O)NCCC(C)C)c1cccc2cccnc12. The van der Waals surface area contributed by atoms with Crippen LogP contribution in [0.1, 0.15) is 27.2 Å². The fourth-order valence-corrected chi connectivity index (χ4v) is 2.37. The number of para-hydroxylation sites is 1. The van der Waals surface area contributed by atoms with E-state index in [-0.39, 0.29) is 18.4 Å². The zero-order valence-electron chi connectivity index (χ0n) is 13.9. The lowest BCUT2D eigenvalue weighted by Gasteiger charge is -2.22. The topological polar surface area (TPSA) is 62.3 Å². The average Bonchev–Trinajstić information content (AvgIpc) is 2.51. The minimum Gasteiger partial charge on any atom is -0.355 e. The van der Waals surface area contributed by atoms with E-state index in [1.54, 1.807) is 6.20 Å². The lowest BCUT2D eigenvalue weighted by molar-refractivity contribution is -0.123. The van der Waals surface area contributed by atoms with Crippen LogP contribution in [0.3, 0.4) is 0 Å². The highest BCUT2D eigenvalue weighted by Crippen LogP contribution is 2.24. The minimum absolute atomic E-state index is 0.00309. The first-order valence-electron chi connectivity index (χ1n) is 7.87. The number of pyridine rings is 1. The molecule has 2 aromatic rings. The molecule has 23 heavy (non-hydrogen) atoms. The zero-order chi connectivity index (χ0) is 16.8. The van der Waals surface area contributed by atoms with Crippen molar-refractivity contribution in [3.8, 4) is 0 Å². The normalized spacial score (nSPS) is 10.8. The standard InChI is InChI=1S/C18H23N3O2/c1-13(2)9-11-19-17(23)12-21(14(3)22)16-8-4-6-15-7-5-10-20-18(15)16/h4-8,10,13H,9,11-12H2,1-3H3,(H,19,23). The summed E-state index contributed by atoms with van der Waals surface area (Å²) < 4.78 is 0. The van der Waals surface area contributed by atoms with Gasteiger partial charge in [0.15, 0.2) is 0 Å². The summed E-state index contributed by atoms with van der Waals surface area (Å²) in [5.41, 5.74) is 1.38. The van der Waals surface area contributed by atoms with Crippen molar-refractivity contribution in [1.82, 2.24) is 10.3 Å². The Morgan fingerprint density at radius 3 is 2.65 bits per heavy atom. The lowest BCUT2D eigenvalue weighted by atomic mass is 10.1. The molecule has 0 aliphatic carbocycles. The Morgan fingerprint density at radius 1 is 1.22 bits per heavy atom. The Kier molecular flexibility index (Phi) is 5.68. The molecule has 0 aliphatic rings. The van der Waals surface area contributed by atoms with Crippen LogP contribution < -0.4 is 10.2 Å². The molecule has 1 N–H and O–H groups in total. The minimum atomic E-state index is -0.179. The number of nitrogens with zero attached hydrogens (tertiary/aromatic N) is 2. The Balaban J connectivity index is 2.18. The van der Waals surface area contributed by atoms with Crippen LogP contribution >= 0.6 is 0 Å². The van der Waals surface area contributed by atoms with Gasteiger partial charge in [-0.1, -0.05) is 32.0 Å². The maximum absolute atomic E-state index is 12.1. The predicted molar refractivity (Wildman–Crippen MR) is 92.2 cm³/mol. The van der Waals surface area contributed by atoms with E-state index < -0.39 is 0 Å². The molecule has 1 heterocycles. The van der Waals surface area contributed by atoms with Gasteiger partial charge in [0.2, 0.25) is 11.8 Å². The predicted octanol–water partition coefficient (Wildman–Crippen LogP) is 2.75. The van der Waals surface area contributed by atoms with Gasteiger partial charge in [-0.3, -0.25) is 14.6 Å². The van der Waals surface area contributed by atoms with Gasteiger partial charge >= 0.3 is 0 Å². The van der Waals surface area contributed by atoms with E-state index in [4.69, 9.17) is 0 Å². The van der Waals surface area contributed by atoms with E-state index in [9.17, 15) is 9.59 Å². The molecular weight excluding hydrogens is 290 g/mol. The lowest BCUT2D eigenvalue weighted by Crippen LogP contribution is -2.40. The van der Waals surface area contributed by atoms with Gasteiger partial charge in [-0.2, -0.15) is 0 Å². The van der Waals surface area contributed by atoms with Gasteiger partial charge < -0.3 is 10.2 Å². The monoisotopic (exact) mass is 313 g/mol. The third-order valence-corrected chi connectivity index (χ3v) is 3.63. The van der Waals surface area contributed by atoms with E-state index >= 15 is 0 Å². The summed E-state index contributed by atoms with van der Waals surface area (Å²) in [7, 11) is 0. The van der Waals surface area contributed by atoms with Crippen molar-refractivity contribution < 1.29 is 9.59 Å². The van der Waals surface area contributed by atoms with Gasteiger partial charge in [-0.25, -0.2) is 0 Å². The second kappa shape index (κ2) is 7.72. The van der Waals surface area contributed by atoms with Gasteiger partial charge in [0.05, 0.1) is 11.2 Å². The van der Waals surface area contributed by atoms with Crippen LogP contribution in [0, 0.1) is 5.92 Å². The van der Waals surface area contributed by atoms with Gasteiger partial charge in [0.25, 0.3) is 0 Å². The van der Waals surface area contributed by atoms with E-state index in [0.717, 1.165) is 17.3 Å². The summed E-state index contributed by atoms with van der Waals surface area (Å²) in [5, 5.41) is 3.81. The fourth-order valence-electron chi connectivity index (χ4n) is 2.37. The highest BCUT2D eigenvalue weighted by atomic mass is 16.2. The molecule has 0 spiro atoms. The maximum Gasteiger partial charge on any atom is 0.240 e. The van der Waals surface area contributed by atoms with Crippen molar-refractivity contribution in [3.63, 3.8) is 0 Å². The molecule has 2 rings (SSSR count). The zero-order valence-corrected chi connectivity index (χ0v) is 13.9. The van der Waals surface area contributed by atoms with Crippen LogP contribution in [0.4, 0.5) is 5.69 Å². The smallest absolute Gasteiger partial charge is 0.240 e. The highest BCUT2D eigenvalue weighted by Gasteiger charge is 2.18. The quantitative estimate of drug-likeness (QED) is 0.892. The van der Waals surface area contributed by atoms with Crippen molar-refractivity contribution >= 4 is 28.4 Å². The van der Waals surface area contributed by atoms with Gasteiger partial charge in [0.1, 0.15) is 6.54 Å². The van der Waals surface area contributed by atoms with Crippen molar-refractivity contribution in [2.75, 3.05) is 18.0 Å². The molecule has 0 radical (unpaired) electrons. The molecule has 0 unspecified atom stereocenters. The number of benzene rings is 1. The second-order valence-electron chi connectivity index (χ2n) is 5.99. The third-order valence-electron chi connectivity index (χ3n) is 3.63. The Morgan fingerprint density at radius 2 is 1.96 bits per heavy atom. The molecule has 0 aliphatic heterocycles. The molecule has 5 nitrogen and oxygen atoms in total. The van der Waals surface area contributed by atoms with Gasteiger partial charge in [-0.15, -0.1) is 0 Å². The number of hydrogen-bond acceptors (Lipinski definition) is 3. The largest absolute Gasteiger partial charge is 0.355 e. The van der Waals surface area contributed by atoms with E-state index in [1.807, 2.05) is 30.3 Å². The fraction of sp³-hybridized carbons (Fsp3) is 0.389. The van der Waals surface area contributed by atoms with E-state index in [0.29, 0.717) is 18.2 Å². The highest BCUT2D eigenvalue weighted by molar-refractivity contribution is 6.04. The molecule has 0 bridgehead atoms. The van der Waals surface area contributed by atoms with Gasteiger partial charge in [0, 0.05) is 25.1 Å². The summed E-state index contributed by atoms with van der Waals surface area (Å²) in [5.74, 6) is 0.192. The van der Waals surface area contributed by atoms with Crippen LogP contribution in [-0.2, 0) is 9.59 Å². The number of aromatic nitrogens is 1. The molecule has 0 atom stereocenters. The Hall–Kier alpha value is -2.43. The van der Waals surface area contributed by atoms with E-state index in [1.165, 1.54) is 11.8 Å². The van der Waals surface area contributed by atoms with Crippen molar-refractivity contribution in [1.29, 1.82) is 0 Å². The van der Waals surface area contributed by atoms with Gasteiger partial charge in [-0.05, 0) is 24.5 Å². The molecule has 5 heteroatoms. The summed E-state index contributed by atoms with van der Waals surface area (Å²) in [6.45, 7) is 6.30. The number of hydrogen-bond donors (Lipinski definition) is 1. The molecular formula is C18H23N3O2. The summed E-state index contributed by atoms with van der Waals surface area (Å²) >= 11 is 0. The number of anilines is 1. The Bertz CT molecular complexity index is 692. The van der Waals surface area contributed by atoms with Crippen LogP contribution in [0.15, 0.2) is 36.5 Å². The summed E-state index contributed by atoms with van der Waals surface area (Å²) in [6, 6.07) is 9.41. The first kappa shape index (κ1) is 16.9. The number of fused-ring (bicyclic) bond motifs is 1. The van der Waals surface area contributed by atoms with E-state index in [2.05, 4.69) is 24.1 Å². The molecule has 2 amide bonds. The number of carbonyl (C=O) groups excluding carboxylic acids is 2. The van der Waals surface area contributed by atoms with Crippen molar-refractivity contribution in [2.45, 2.75) is 27.2 Å². The number of amides is 2. The average molecular weight is 313 g/mol. The first-order valence-corrected chi connectivity index (χ1v) is 7.87. The first-order chi connectivity index (χ1) is 11.0. The second-order valence-corrected chi connectivity index (χ2v) is 5.99. The maximum atomic E-state index is 12.1. The Labute approximate surface area is 136 Å². The molecule has 0 saturated carbocycles. The molecule has 122 valence electrons. The van der Waals surface area contributed by atoms with Crippen LogP contribution in [-0.4, -0.2) is 29.9 Å². The molecule has 0 fully saturated rings. The van der Waals surface area contributed by atoms with Crippen LogP contribution in [0.2, 0.25) is 0 Å². The molecule has 1 aromatic heterocycles.